The van der Waals surface area contributed by atoms with Crippen LogP contribution in [-0.4, -0.2) is 69.0 Å². The fourth-order valence-corrected chi connectivity index (χ4v) is 13.0. The second kappa shape index (κ2) is 14.1. The molecule has 2 heterocycles. The predicted octanol–water partition coefficient (Wildman–Crippen LogP) is 7.23. The Morgan fingerprint density at radius 3 is 0.976 bits per heavy atom. The summed E-state index contributed by atoms with van der Waals surface area (Å²) in [6, 6.07) is 30.1. The van der Waals surface area contributed by atoms with Crippen LogP contribution in [0.4, 0.5) is 0 Å². The third-order valence-corrected chi connectivity index (χ3v) is 15.6. The van der Waals surface area contributed by atoms with Gasteiger partial charge >= 0.3 is 0 Å². The molecule has 0 N–H and O–H groups in total. The van der Waals surface area contributed by atoms with Gasteiger partial charge in [-0.05, 0) is 78.6 Å². The van der Waals surface area contributed by atoms with Gasteiger partial charge in [-0.15, -0.1) is 0 Å². The van der Waals surface area contributed by atoms with E-state index in [1.807, 2.05) is 0 Å². The number of hydrogen-bond donors (Lipinski definition) is 0. The summed E-state index contributed by atoms with van der Waals surface area (Å²) in [6.07, 6.45) is 0. The zero-order valence-electron chi connectivity index (χ0n) is 26.2. The van der Waals surface area contributed by atoms with Gasteiger partial charge in [-0.1, -0.05) is 60.7 Å². The van der Waals surface area contributed by atoms with E-state index in [0.717, 1.165) is 0 Å². The predicted molar refractivity (Wildman–Crippen MR) is 181 cm³/mol. The van der Waals surface area contributed by atoms with Crippen molar-refractivity contribution in [3.63, 3.8) is 0 Å². The molecule has 2 fully saturated rings. The molecule has 5 rings (SSSR count). The summed E-state index contributed by atoms with van der Waals surface area (Å²) < 4.78 is 11.1. The van der Waals surface area contributed by atoms with Crippen molar-refractivity contribution in [3.8, 4) is 22.3 Å². The molecule has 0 atom stereocenters. The normalized spacial score (nSPS) is 18.4. The average Bonchev–Trinajstić information content (AvgIpc) is 3.59. The maximum Gasteiger partial charge on any atom is 0.174 e. The van der Waals surface area contributed by atoms with Crippen molar-refractivity contribution in [2.75, 3.05) is 26.2 Å². The first-order valence-electron chi connectivity index (χ1n) is 15.3. The fourth-order valence-electron chi connectivity index (χ4n) is 6.50. The van der Waals surface area contributed by atoms with Crippen LogP contribution < -0.4 is 10.6 Å². The van der Waals surface area contributed by atoms with E-state index in [1.165, 1.54) is 59.0 Å². The molecule has 2 saturated heterocycles. The van der Waals surface area contributed by atoms with E-state index < -0.39 is 16.4 Å². The molecule has 224 valence electrons. The van der Waals surface area contributed by atoms with Crippen LogP contribution in [0.5, 0.6) is 0 Å². The smallest absolute Gasteiger partial charge is 0.157 e. The van der Waals surface area contributed by atoms with Gasteiger partial charge in [0.15, 0.2) is 16.4 Å². The number of rotatable bonds is 8. The van der Waals surface area contributed by atoms with E-state index in [4.69, 9.17) is 0 Å². The molecule has 41 heavy (non-hydrogen) atoms. The maximum atomic E-state index is 2.76. The number of benzene rings is 3. The number of hydrogen-bond acceptors (Lipinski definition) is 4. The molecule has 0 spiro atoms. The Bertz CT molecular complexity index is 1150. The molecule has 2 aliphatic rings. The van der Waals surface area contributed by atoms with Crippen LogP contribution in [-0.2, 0) is 16.5 Å². The van der Waals surface area contributed by atoms with E-state index in [0.29, 0.717) is 24.2 Å². The third kappa shape index (κ3) is 6.68. The van der Waals surface area contributed by atoms with Crippen molar-refractivity contribution in [1.29, 1.82) is 0 Å². The summed E-state index contributed by atoms with van der Waals surface area (Å²) in [7, 11) is -1.98. The van der Waals surface area contributed by atoms with Gasteiger partial charge in [0.05, 0.1) is 26.2 Å². The van der Waals surface area contributed by atoms with Crippen LogP contribution in [0.3, 0.4) is 0 Å². The zero-order valence-corrected chi connectivity index (χ0v) is 29.2. The molecule has 2 aliphatic heterocycles. The summed E-state index contributed by atoms with van der Waals surface area (Å²) in [4.78, 5) is 0. The first kappa shape index (κ1) is 32.8. The molecule has 0 amide bonds. The third-order valence-electron chi connectivity index (χ3n) is 8.59. The van der Waals surface area contributed by atoms with Crippen LogP contribution in [0.1, 0.15) is 55.4 Å². The Morgan fingerprint density at radius 2 is 0.707 bits per heavy atom. The Hall–Kier alpha value is -1.15. The van der Waals surface area contributed by atoms with E-state index >= 15 is 0 Å². The summed E-state index contributed by atoms with van der Waals surface area (Å²) >= 11 is 0. The van der Waals surface area contributed by atoms with E-state index in [9.17, 15) is 0 Å². The summed E-state index contributed by atoms with van der Waals surface area (Å²) in [5, 5.41) is 3.05. The van der Waals surface area contributed by atoms with Gasteiger partial charge in [0.25, 0.3) is 0 Å². The van der Waals surface area contributed by atoms with Gasteiger partial charge in [-0.2, -0.15) is 18.7 Å². The minimum atomic E-state index is -0.990. The van der Waals surface area contributed by atoms with Gasteiger partial charge in [0.2, 0.25) is 0 Å². The van der Waals surface area contributed by atoms with Crippen LogP contribution in [0.15, 0.2) is 72.8 Å². The number of nitrogens with zero attached hydrogens (tertiary/aromatic N) is 4. The second-order valence-electron chi connectivity index (χ2n) is 12.5. The van der Waals surface area contributed by atoms with Gasteiger partial charge in [-0.25, -0.2) is 0 Å². The molecule has 0 bridgehead atoms. The molecule has 0 aromatic heterocycles. The van der Waals surface area contributed by atoms with Crippen molar-refractivity contribution >= 4 is 27.1 Å². The Morgan fingerprint density at radius 1 is 0.439 bits per heavy atom. The van der Waals surface area contributed by atoms with Gasteiger partial charge in [0.1, 0.15) is 10.6 Å². The van der Waals surface area contributed by atoms with Gasteiger partial charge in [0, 0.05) is 51.8 Å². The van der Waals surface area contributed by atoms with E-state index in [1.54, 1.807) is 0 Å². The SMILES string of the molecule is CC(C)N1CCN(C(C)C)[PH+]1c1ccccc1-c1ccc(-c2ccccc2[PH+]2N(C(C)C)CCN2C(C)C)cc1.[Ni]. The minimum Gasteiger partial charge on any atom is -0.157 e. The fraction of sp³-hybridized carbons (Fsp3) is 0.471. The second-order valence-corrected chi connectivity index (χ2v) is 17.1. The molecule has 0 unspecified atom stereocenters. The molecule has 0 saturated carbocycles. The van der Waals surface area contributed by atoms with Crippen molar-refractivity contribution < 1.29 is 16.5 Å². The molecule has 4 nitrogen and oxygen atoms in total. The van der Waals surface area contributed by atoms with Crippen LogP contribution in [0.2, 0.25) is 0 Å². The molecule has 7 heteroatoms. The quantitative estimate of drug-likeness (QED) is 0.192. The first-order chi connectivity index (χ1) is 19.2. The Balaban J connectivity index is 0.00000387. The monoisotopic (exact) mass is 634 g/mol. The van der Waals surface area contributed by atoms with Crippen molar-refractivity contribution in [1.82, 2.24) is 18.7 Å². The topological polar surface area (TPSA) is 13.0 Å². The van der Waals surface area contributed by atoms with Gasteiger partial charge < -0.3 is 0 Å². The van der Waals surface area contributed by atoms with E-state index in [2.05, 4.69) is 147 Å². The van der Waals surface area contributed by atoms with Gasteiger partial charge in [-0.3, -0.25) is 0 Å². The minimum absolute atomic E-state index is 0. The standard InChI is InChI=1S/C34H48N4P2.Ni/c1-25(2)35-21-22-36(26(3)4)39(35)33-15-11-9-13-31(33)29-17-19-30(20-18-29)32-14-10-12-16-34(32)40-37(27(5)6)23-24-38(40)28(7)8;/h9-20,25-28H,21-24H2,1-8H3;/p+2. The van der Waals surface area contributed by atoms with Crippen molar-refractivity contribution in [2.45, 2.75) is 79.6 Å². The van der Waals surface area contributed by atoms with Crippen LogP contribution in [0.25, 0.3) is 22.3 Å². The van der Waals surface area contributed by atoms with Crippen LogP contribution >= 0.6 is 16.4 Å². The first-order valence-corrected chi connectivity index (χ1v) is 18.1. The zero-order chi connectivity index (χ0) is 28.6. The van der Waals surface area contributed by atoms with Crippen molar-refractivity contribution in [2.24, 2.45) is 0 Å². The Kier molecular flexibility index (Phi) is 11.3. The van der Waals surface area contributed by atoms with Crippen LogP contribution in [0, 0.1) is 0 Å². The molecular formula is C34H50N4NiP2+2. The maximum absolute atomic E-state index is 2.76. The largest absolute Gasteiger partial charge is 0.174 e. The average molecular weight is 635 g/mol. The summed E-state index contributed by atoms with van der Waals surface area (Å²) in [6.45, 7) is 23.5. The van der Waals surface area contributed by atoms with Crippen molar-refractivity contribution in [3.05, 3.63) is 72.8 Å². The van der Waals surface area contributed by atoms with E-state index in [-0.39, 0.29) is 16.5 Å². The molecule has 3 aromatic rings. The molecule has 0 aliphatic carbocycles. The molecule has 3 aromatic carbocycles. The molecule has 0 radical (unpaired) electrons. The Labute approximate surface area is 262 Å². The summed E-state index contributed by atoms with van der Waals surface area (Å²) in [5.74, 6) is 0. The summed E-state index contributed by atoms with van der Waals surface area (Å²) in [5.41, 5.74) is 5.45. The molecular weight excluding hydrogens is 585 g/mol.